The second-order valence-electron chi connectivity index (χ2n) is 4.70. The van der Waals surface area contributed by atoms with Crippen LogP contribution in [0.25, 0.3) is 0 Å². The van der Waals surface area contributed by atoms with Crippen molar-refractivity contribution in [2.24, 2.45) is 4.99 Å². The number of aliphatic hydroxyl groups is 1. The Labute approximate surface area is 117 Å². The molecule has 2 N–H and O–H groups in total. The molecule has 104 valence electrons. The van der Waals surface area contributed by atoms with Crippen molar-refractivity contribution in [2.75, 3.05) is 18.6 Å². The molecule has 0 fully saturated rings. The Kier molecular flexibility index (Phi) is 3.89. The summed E-state index contributed by atoms with van der Waals surface area (Å²) in [6, 6.07) is 6.68. The third-order valence-electron chi connectivity index (χ3n) is 2.70. The van der Waals surface area contributed by atoms with Gasteiger partial charge in [0, 0.05) is 11.3 Å². The summed E-state index contributed by atoms with van der Waals surface area (Å²) in [6.45, 7) is 1.84. The van der Waals surface area contributed by atoms with Gasteiger partial charge in [-0.2, -0.15) is 11.8 Å². The summed E-state index contributed by atoms with van der Waals surface area (Å²) in [5, 5.41) is 10.0. The Morgan fingerprint density at radius 1 is 1.42 bits per heavy atom. The summed E-state index contributed by atoms with van der Waals surface area (Å²) in [4.78, 5) is 4.45. The zero-order valence-electron chi connectivity index (χ0n) is 10.8. The maximum Gasteiger partial charge on any atom is 0.263 e. The molecule has 2 rings (SSSR count). The number of hydrogen-bond donors (Lipinski definition) is 2. The maximum absolute atomic E-state index is 11.9. The number of aliphatic imine (C=N–C) groups is 1. The molecule has 0 amide bonds. The predicted molar refractivity (Wildman–Crippen MR) is 77.2 cm³/mol. The third kappa shape index (κ3) is 3.10. The highest BCUT2D eigenvalue weighted by Crippen LogP contribution is 2.22. The molecule has 0 aromatic heterocycles. The molecule has 0 saturated carbocycles. The van der Waals surface area contributed by atoms with Gasteiger partial charge < -0.3 is 5.11 Å². The van der Waals surface area contributed by atoms with Crippen LogP contribution in [-0.4, -0.2) is 43.5 Å². The van der Waals surface area contributed by atoms with Crippen LogP contribution in [0.15, 0.2) is 34.2 Å². The molecule has 0 radical (unpaired) electrons. The first-order valence-electron chi connectivity index (χ1n) is 5.74. The minimum absolute atomic E-state index is 0.153. The highest BCUT2D eigenvalue weighted by Gasteiger charge is 2.30. The molecule has 1 aliphatic heterocycles. The minimum atomic E-state index is -3.50. The van der Waals surface area contributed by atoms with Crippen molar-refractivity contribution in [3.8, 4) is 0 Å². The van der Waals surface area contributed by atoms with Crippen molar-refractivity contribution in [3.05, 3.63) is 29.8 Å². The van der Waals surface area contributed by atoms with Crippen LogP contribution in [0.3, 0.4) is 0 Å². The van der Waals surface area contributed by atoms with Gasteiger partial charge in [0.2, 0.25) is 0 Å². The van der Waals surface area contributed by atoms with Gasteiger partial charge in [-0.15, -0.1) is 0 Å². The van der Waals surface area contributed by atoms with Crippen molar-refractivity contribution < 1.29 is 13.5 Å². The molecule has 1 unspecified atom stereocenters. The van der Waals surface area contributed by atoms with E-state index in [0.29, 0.717) is 17.2 Å². The molecule has 1 aromatic carbocycles. The lowest BCUT2D eigenvalue weighted by Gasteiger charge is -2.19. The van der Waals surface area contributed by atoms with Crippen LogP contribution < -0.4 is 4.72 Å². The summed E-state index contributed by atoms with van der Waals surface area (Å²) in [7, 11) is -3.50. The SMILES string of the molecule is CSCC(C)(O)CN=C1NS(=O)(=O)c2ccccc21. The number of fused-ring (bicyclic) bond motifs is 1. The Hall–Kier alpha value is -1.05. The smallest absolute Gasteiger partial charge is 0.263 e. The lowest BCUT2D eigenvalue weighted by Crippen LogP contribution is -2.33. The van der Waals surface area contributed by atoms with Crippen LogP contribution in [0.2, 0.25) is 0 Å². The van der Waals surface area contributed by atoms with Gasteiger partial charge in [0.1, 0.15) is 5.84 Å². The largest absolute Gasteiger partial charge is 0.387 e. The monoisotopic (exact) mass is 300 g/mol. The first-order valence-corrected chi connectivity index (χ1v) is 8.61. The summed E-state index contributed by atoms with van der Waals surface area (Å²) in [5.41, 5.74) is -0.391. The summed E-state index contributed by atoms with van der Waals surface area (Å²) >= 11 is 1.52. The summed E-state index contributed by atoms with van der Waals surface area (Å²) in [5.74, 6) is 0.843. The second kappa shape index (κ2) is 5.15. The molecular formula is C12H16N2O3S2. The second-order valence-corrected chi connectivity index (χ2v) is 7.21. The van der Waals surface area contributed by atoms with E-state index in [0.717, 1.165) is 0 Å². The third-order valence-corrected chi connectivity index (χ3v) is 5.00. The fourth-order valence-corrected chi connectivity index (χ4v) is 3.82. The van der Waals surface area contributed by atoms with Gasteiger partial charge in [0.25, 0.3) is 10.0 Å². The van der Waals surface area contributed by atoms with Crippen molar-refractivity contribution in [1.82, 2.24) is 4.72 Å². The first kappa shape index (κ1) is 14.4. The number of thioether (sulfide) groups is 1. The molecular weight excluding hydrogens is 284 g/mol. The number of rotatable bonds is 4. The summed E-state index contributed by atoms with van der Waals surface area (Å²) in [6.07, 6.45) is 1.90. The van der Waals surface area contributed by atoms with Crippen molar-refractivity contribution >= 4 is 27.6 Å². The van der Waals surface area contributed by atoms with Gasteiger partial charge in [-0.25, -0.2) is 8.42 Å². The van der Waals surface area contributed by atoms with Crippen molar-refractivity contribution in [3.63, 3.8) is 0 Å². The van der Waals surface area contributed by atoms with Gasteiger partial charge in [0.15, 0.2) is 0 Å². The Bertz CT molecular complexity index is 609. The molecule has 0 bridgehead atoms. The number of benzene rings is 1. The molecule has 0 aliphatic carbocycles. The van der Waals surface area contributed by atoms with Crippen molar-refractivity contribution in [1.29, 1.82) is 0 Å². The van der Waals surface area contributed by atoms with Crippen molar-refractivity contribution in [2.45, 2.75) is 17.4 Å². The number of amidine groups is 1. The van der Waals surface area contributed by atoms with Gasteiger partial charge in [-0.05, 0) is 25.3 Å². The van der Waals surface area contributed by atoms with Crippen LogP contribution in [0, 0.1) is 0 Å². The Morgan fingerprint density at radius 3 is 2.79 bits per heavy atom. The summed E-state index contributed by atoms with van der Waals surface area (Å²) < 4.78 is 26.1. The van der Waals surface area contributed by atoms with Gasteiger partial charge in [0.05, 0.1) is 17.0 Å². The molecule has 0 saturated heterocycles. The topological polar surface area (TPSA) is 78.8 Å². The minimum Gasteiger partial charge on any atom is -0.387 e. The van der Waals surface area contributed by atoms with Gasteiger partial charge >= 0.3 is 0 Å². The normalized spacial score (nSPS) is 21.7. The van der Waals surface area contributed by atoms with Crippen LogP contribution in [0.1, 0.15) is 12.5 Å². The zero-order chi connectivity index (χ0) is 14.1. The number of sulfonamides is 1. The standard InChI is InChI=1S/C12H16N2O3S2/c1-12(15,8-18-2)7-13-11-9-5-3-4-6-10(9)19(16,17)14-11/h3-6,15H,7-8H2,1-2H3,(H,13,14). The average Bonchev–Trinajstić information content (AvgIpc) is 2.60. The van der Waals surface area contributed by atoms with E-state index in [2.05, 4.69) is 9.71 Å². The van der Waals surface area contributed by atoms with E-state index >= 15 is 0 Å². The van der Waals surface area contributed by atoms with Crippen LogP contribution in [0.4, 0.5) is 0 Å². The quantitative estimate of drug-likeness (QED) is 0.863. The fourth-order valence-electron chi connectivity index (χ4n) is 1.86. The van der Waals surface area contributed by atoms with E-state index in [4.69, 9.17) is 0 Å². The van der Waals surface area contributed by atoms with Crippen LogP contribution in [-0.2, 0) is 10.0 Å². The predicted octanol–water partition coefficient (Wildman–Crippen LogP) is 0.839. The Morgan fingerprint density at radius 2 is 2.11 bits per heavy atom. The van der Waals surface area contributed by atoms with E-state index in [9.17, 15) is 13.5 Å². The maximum atomic E-state index is 11.9. The van der Waals surface area contributed by atoms with E-state index in [-0.39, 0.29) is 11.4 Å². The fraction of sp³-hybridized carbons (Fsp3) is 0.417. The lowest BCUT2D eigenvalue weighted by molar-refractivity contribution is 0.0956. The molecule has 7 heteroatoms. The van der Waals surface area contributed by atoms with E-state index in [1.165, 1.54) is 11.8 Å². The highest BCUT2D eigenvalue weighted by molar-refractivity contribution is 7.98. The van der Waals surface area contributed by atoms with Gasteiger partial charge in [-0.1, -0.05) is 12.1 Å². The van der Waals surface area contributed by atoms with Crippen LogP contribution >= 0.6 is 11.8 Å². The Balaban J connectivity index is 2.29. The lowest BCUT2D eigenvalue weighted by atomic mass is 10.1. The molecule has 0 spiro atoms. The molecule has 1 aromatic rings. The average molecular weight is 300 g/mol. The van der Waals surface area contributed by atoms with Crippen LogP contribution in [0.5, 0.6) is 0 Å². The van der Waals surface area contributed by atoms with Gasteiger partial charge in [-0.3, -0.25) is 9.71 Å². The molecule has 19 heavy (non-hydrogen) atoms. The molecule has 1 heterocycles. The molecule has 1 aliphatic rings. The number of nitrogens with one attached hydrogen (secondary N) is 1. The zero-order valence-corrected chi connectivity index (χ0v) is 12.4. The van der Waals surface area contributed by atoms with E-state index < -0.39 is 15.6 Å². The number of hydrogen-bond acceptors (Lipinski definition) is 5. The number of nitrogens with zero attached hydrogens (tertiary/aromatic N) is 1. The highest BCUT2D eigenvalue weighted by atomic mass is 32.2. The molecule has 1 atom stereocenters. The molecule has 5 nitrogen and oxygen atoms in total. The van der Waals surface area contributed by atoms with E-state index in [1.807, 2.05) is 6.26 Å². The van der Waals surface area contributed by atoms with E-state index in [1.54, 1.807) is 31.2 Å². The first-order chi connectivity index (χ1) is 8.86.